The number of aromatic amines is 1. The van der Waals surface area contributed by atoms with Gasteiger partial charge in [0.1, 0.15) is 5.82 Å². The van der Waals surface area contributed by atoms with Gasteiger partial charge in [0.25, 0.3) is 5.91 Å². The van der Waals surface area contributed by atoms with E-state index in [9.17, 15) is 4.79 Å². The molecule has 1 saturated heterocycles. The summed E-state index contributed by atoms with van der Waals surface area (Å²) in [7, 11) is 0. The molecule has 1 aromatic carbocycles. The number of hydrogen-bond donors (Lipinski definition) is 2. The number of anilines is 2. The molecule has 0 radical (unpaired) electrons. The van der Waals surface area contributed by atoms with Crippen LogP contribution in [0.1, 0.15) is 35.1 Å². The Morgan fingerprint density at radius 3 is 2.77 bits per heavy atom. The molecule has 0 aliphatic carbocycles. The third kappa shape index (κ3) is 3.56. The monoisotopic (exact) mass is 348 g/mol. The SMILES string of the molecule is O=C(Nc1ccccc1)c1ccc(N2CCC[C@H](c3ncc[nH]3)C2)nn1. The van der Waals surface area contributed by atoms with Gasteiger partial charge in [-0.25, -0.2) is 4.98 Å². The van der Waals surface area contributed by atoms with Gasteiger partial charge in [-0.05, 0) is 37.1 Å². The van der Waals surface area contributed by atoms with E-state index in [0.717, 1.165) is 43.3 Å². The third-order valence-corrected chi connectivity index (χ3v) is 4.57. The van der Waals surface area contributed by atoms with Crippen LogP contribution in [0.3, 0.4) is 0 Å². The van der Waals surface area contributed by atoms with Crippen molar-refractivity contribution in [3.63, 3.8) is 0 Å². The summed E-state index contributed by atoms with van der Waals surface area (Å²) < 4.78 is 0. The van der Waals surface area contributed by atoms with Crippen LogP contribution in [0.2, 0.25) is 0 Å². The number of nitrogens with zero attached hydrogens (tertiary/aromatic N) is 4. The van der Waals surface area contributed by atoms with Crippen LogP contribution >= 0.6 is 0 Å². The second-order valence-electron chi connectivity index (χ2n) is 6.36. The summed E-state index contributed by atoms with van der Waals surface area (Å²) >= 11 is 0. The molecule has 26 heavy (non-hydrogen) atoms. The summed E-state index contributed by atoms with van der Waals surface area (Å²) in [6.07, 6.45) is 5.82. The molecule has 0 unspecified atom stereocenters. The Balaban J connectivity index is 1.43. The molecule has 132 valence electrons. The van der Waals surface area contributed by atoms with E-state index < -0.39 is 0 Å². The lowest BCUT2D eigenvalue weighted by atomic mass is 9.97. The Kier molecular flexibility index (Phi) is 4.59. The maximum absolute atomic E-state index is 12.3. The van der Waals surface area contributed by atoms with E-state index in [1.807, 2.05) is 42.6 Å². The van der Waals surface area contributed by atoms with Crippen LogP contribution in [0.15, 0.2) is 54.9 Å². The fourth-order valence-electron chi connectivity index (χ4n) is 3.24. The Hall–Kier alpha value is -3.22. The van der Waals surface area contributed by atoms with Gasteiger partial charge in [0, 0.05) is 37.1 Å². The molecule has 2 N–H and O–H groups in total. The van der Waals surface area contributed by atoms with Gasteiger partial charge in [0.15, 0.2) is 11.5 Å². The number of para-hydroxylation sites is 1. The molecule has 1 aliphatic heterocycles. The summed E-state index contributed by atoms with van der Waals surface area (Å²) in [5.41, 5.74) is 1.04. The fourth-order valence-corrected chi connectivity index (χ4v) is 3.24. The standard InChI is InChI=1S/C19H20N6O/c26-19(22-15-6-2-1-3-7-15)16-8-9-17(24-23-16)25-12-4-5-14(13-25)18-20-10-11-21-18/h1-3,6-11,14H,4-5,12-13H2,(H,20,21)(H,22,26)/t14-/m0/s1. The Morgan fingerprint density at radius 1 is 1.15 bits per heavy atom. The largest absolute Gasteiger partial charge is 0.354 e. The number of imidazole rings is 1. The first-order valence-corrected chi connectivity index (χ1v) is 8.74. The number of carbonyl (C=O) groups excluding carboxylic acids is 1. The van der Waals surface area contributed by atoms with Crippen molar-refractivity contribution < 1.29 is 4.79 Å². The van der Waals surface area contributed by atoms with Gasteiger partial charge in [0.2, 0.25) is 0 Å². The molecule has 0 spiro atoms. The molecule has 1 aliphatic rings. The first-order valence-electron chi connectivity index (χ1n) is 8.74. The zero-order valence-corrected chi connectivity index (χ0v) is 14.3. The van der Waals surface area contributed by atoms with E-state index >= 15 is 0 Å². The van der Waals surface area contributed by atoms with Gasteiger partial charge in [-0.2, -0.15) is 0 Å². The Morgan fingerprint density at radius 2 is 2.04 bits per heavy atom. The summed E-state index contributed by atoms with van der Waals surface area (Å²) in [5.74, 6) is 1.91. The molecular weight excluding hydrogens is 328 g/mol. The smallest absolute Gasteiger partial charge is 0.276 e. The zero-order valence-electron chi connectivity index (χ0n) is 14.3. The minimum absolute atomic E-state index is 0.262. The van der Waals surface area contributed by atoms with E-state index in [0.29, 0.717) is 11.6 Å². The molecule has 0 bridgehead atoms. The predicted octanol–water partition coefficient (Wildman–Crippen LogP) is 2.84. The summed E-state index contributed by atoms with van der Waals surface area (Å²) in [5, 5.41) is 11.2. The number of carbonyl (C=O) groups is 1. The molecular formula is C19H20N6O. The van der Waals surface area contributed by atoms with Crippen molar-refractivity contribution in [2.45, 2.75) is 18.8 Å². The van der Waals surface area contributed by atoms with Gasteiger partial charge in [-0.15, -0.1) is 10.2 Å². The quantitative estimate of drug-likeness (QED) is 0.757. The number of rotatable bonds is 4. The number of aromatic nitrogens is 4. The average molecular weight is 348 g/mol. The first kappa shape index (κ1) is 16.3. The van der Waals surface area contributed by atoms with E-state index in [-0.39, 0.29) is 5.91 Å². The van der Waals surface area contributed by atoms with Crippen LogP contribution < -0.4 is 10.2 Å². The van der Waals surface area contributed by atoms with Crippen molar-refractivity contribution in [3.05, 3.63) is 66.4 Å². The molecule has 1 atom stereocenters. The first-order chi connectivity index (χ1) is 12.8. The van der Waals surface area contributed by atoms with Crippen LogP contribution in [-0.2, 0) is 0 Å². The van der Waals surface area contributed by atoms with Gasteiger partial charge in [-0.3, -0.25) is 4.79 Å². The maximum atomic E-state index is 12.3. The molecule has 7 nitrogen and oxygen atoms in total. The topological polar surface area (TPSA) is 86.8 Å². The van der Waals surface area contributed by atoms with Crippen molar-refractivity contribution in [3.8, 4) is 0 Å². The van der Waals surface area contributed by atoms with E-state index in [4.69, 9.17) is 0 Å². The number of hydrogen-bond acceptors (Lipinski definition) is 5. The van der Waals surface area contributed by atoms with E-state index in [1.165, 1.54) is 0 Å². The molecule has 4 rings (SSSR count). The normalized spacial score (nSPS) is 17.1. The van der Waals surface area contributed by atoms with Crippen molar-refractivity contribution >= 4 is 17.4 Å². The van der Waals surface area contributed by atoms with Gasteiger partial charge in [-0.1, -0.05) is 18.2 Å². The van der Waals surface area contributed by atoms with Gasteiger partial charge >= 0.3 is 0 Å². The molecule has 2 aromatic heterocycles. The number of nitrogens with one attached hydrogen (secondary N) is 2. The molecule has 1 fully saturated rings. The summed E-state index contributed by atoms with van der Waals surface area (Å²) in [6.45, 7) is 1.78. The minimum Gasteiger partial charge on any atom is -0.354 e. The highest BCUT2D eigenvalue weighted by Gasteiger charge is 2.24. The van der Waals surface area contributed by atoms with Crippen molar-refractivity contribution in [2.24, 2.45) is 0 Å². The maximum Gasteiger partial charge on any atom is 0.276 e. The van der Waals surface area contributed by atoms with Crippen molar-refractivity contribution in [1.29, 1.82) is 0 Å². The molecule has 1 amide bonds. The third-order valence-electron chi connectivity index (χ3n) is 4.57. The fraction of sp³-hybridized carbons (Fsp3) is 0.263. The highest BCUT2D eigenvalue weighted by Crippen LogP contribution is 2.27. The Labute approximate surface area is 151 Å². The highest BCUT2D eigenvalue weighted by atomic mass is 16.1. The minimum atomic E-state index is -0.262. The van der Waals surface area contributed by atoms with Gasteiger partial charge in [0.05, 0.1) is 0 Å². The van der Waals surface area contributed by atoms with E-state index in [1.54, 1.807) is 12.3 Å². The number of amides is 1. The number of piperidine rings is 1. The Bertz CT molecular complexity index is 848. The van der Waals surface area contributed by atoms with Crippen LogP contribution in [0, 0.1) is 0 Å². The zero-order chi connectivity index (χ0) is 17.8. The molecule has 3 heterocycles. The lowest BCUT2D eigenvalue weighted by molar-refractivity contribution is 0.102. The lowest BCUT2D eigenvalue weighted by Crippen LogP contribution is -2.35. The predicted molar refractivity (Wildman–Crippen MR) is 99.2 cm³/mol. The lowest BCUT2D eigenvalue weighted by Gasteiger charge is -2.32. The summed E-state index contributed by atoms with van der Waals surface area (Å²) in [6, 6.07) is 12.9. The van der Waals surface area contributed by atoms with Gasteiger partial charge < -0.3 is 15.2 Å². The average Bonchev–Trinajstić information content (AvgIpc) is 3.24. The molecule has 0 saturated carbocycles. The number of benzene rings is 1. The summed E-state index contributed by atoms with van der Waals surface area (Å²) in [4.78, 5) is 22.0. The van der Waals surface area contributed by atoms with Crippen molar-refractivity contribution in [2.75, 3.05) is 23.3 Å². The molecule has 3 aromatic rings. The number of H-pyrrole nitrogens is 1. The van der Waals surface area contributed by atoms with Crippen LogP contribution in [0.5, 0.6) is 0 Å². The van der Waals surface area contributed by atoms with Crippen molar-refractivity contribution in [1.82, 2.24) is 20.2 Å². The highest BCUT2D eigenvalue weighted by molar-refractivity contribution is 6.02. The second kappa shape index (κ2) is 7.35. The second-order valence-corrected chi connectivity index (χ2v) is 6.36. The molecule has 7 heteroatoms. The van der Waals surface area contributed by atoms with Crippen LogP contribution in [0.25, 0.3) is 0 Å². The van der Waals surface area contributed by atoms with E-state index in [2.05, 4.69) is 30.4 Å². The van der Waals surface area contributed by atoms with Crippen LogP contribution in [-0.4, -0.2) is 39.2 Å². The van der Waals surface area contributed by atoms with Crippen LogP contribution in [0.4, 0.5) is 11.5 Å².